The number of aryl methyl sites for hydroxylation is 1. The number of para-hydroxylation sites is 1. The molecule has 0 aromatic heterocycles. The Hall–Kier alpha value is -1.93. The number of hydrogen-bond acceptors (Lipinski definition) is 2. The number of nitrogen functional groups attached to an aromatic ring is 1. The Kier molecular flexibility index (Phi) is 4.21. The molecular weight excluding hydrogens is 290 g/mol. The predicted octanol–water partition coefficient (Wildman–Crippen LogP) is 3.15. The summed E-state index contributed by atoms with van der Waals surface area (Å²) in [5.74, 6) is -1.40. The minimum atomic E-state index is -5.63. The normalized spacial score (nSPS) is 12.6. The Labute approximate surface area is 109 Å². The Bertz CT molecular complexity index is 495. The van der Waals surface area contributed by atoms with Gasteiger partial charge in [-0.05, 0) is 18.6 Å². The van der Waals surface area contributed by atoms with Gasteiger partial charge >= 0.3 is 12.4 Å². The predicted molar refractivity (Wildman–Crippen MR) is 58.7 cm³/mol. The highest BCUT2D eigenvalue weighted by Gasteiger charge is 2.59. The standard InChI is InChI=1S/C11H10F6N2O/c1-5-3-2-4-6(8(18)19)7(5)20-9(10(12,13)14)11(15,16)17/h2-4,9H,1H3,(H3,18,19). The minimum absolute atomic E-state index is 0.0104. The van der Waals surface area contributed by atoms with Crippen molar-refractivity contribution in [2.75, 3.05) is 0 Å². The van der Waals surface area contributed by atoms with Crippen LogP contribution in [0.5, 0.6) is 5.75 Å². The Morgan fingerprint density at radius 1 is 1.15 bits per heavy atom. The second-order valence-electron chi connectivity index (χ2n) is 3.95. The van der Waals surface area contributed by atoms with Crippen LogP contribution in [0.4, 0.5) is 26.3 Å². The SMILES string of the molecule is Cc1cccc(C(=N)N)c1OC(C(F)(F)F)C(F)(F)F. The molecule has 0 heterocycles. The highest BCUT2D eigenvalue weighted by atomic mass is 19.4. The van der Waals surface area contributed by atoms with Crippen molar-refractivity contribution in [2.45, 2.75) is 25.4 Å². The van der Waals surface area contributed by atoms with E-state index in [1.165, 1.54) is 19.1 Å². The van der Waals surface area contributed by atoms with Crippen LogP contribution < -0.4 is 10.5 Å². The summed E-state index contributed by atoms with van der Waals surface area (Å²) in [6.07, 6.45) is -15.2. The van der Waals surface area contributed by atoms with Crippen LogP contribution in [-0.2, 0) is 0 Å². The lowest BCUT2D eigenvalue weighted by Crippen LogP contribution is -2.47. The van der Waals surface area contributed by atoms with Gasteiger partial charge in [0.1, 0.15) is 11.6 Å². The van der Waals surface area contributed by atoms with Gasteiger partial charge in [-0.25, -0.2) is 0 Å². The fourth-order valence-electron chi connectivity index (χ4n) is 1.46. The zero-order valence-electron chi connectivity index (χ0n) is 10.1. The van der Waals surface area contributed by atoms with Crippen LogP contribution in [0.1, 0.15) is 11.1 Å². The maximum Gasteiger partial charge on any atom is 0.434 e. The van der Waals surface area contributed by atoms with Gasteiger partial charge in [0.15, 0.2) is 0 Å². The molecule has 0 fully saturated rings. The van der Waals surface area contributed by atoms with Gasteiger partial charge in [-0.3, -0.25) is 5.41 Å². The molecule has 1 aromatic carbocycles. The van der Waals surface area contributed by atoms with Crippen LogP contribution in [0.3, 0.4) is 0 Å². The molecule has 1 rings (SSSR count). The topological polar surface area (TPSA) is 59.1 Å². The van der Waals surface area contributed by atoms with Gasteiger partial charge in [-0.15, -0.1) is 0 Å². The number of benzene rings is 1. The molecule has 0 spiro atoms. The minimum Gasteiger partial charge on any atom is -0.470 e. The van der Waals surface area contributed by atoms with Crippen molar-refractivity contribution in [3.63, 3.8) is 0 Å². The largest absolute Gasteiger partial charge is 0.470 e. The van der Waals surface area contributed by atoms with E-state index in [9.17, 15) is 26.3 Å². The summed E-state index contributed by atoms with van der Waals surface area (Å²) in [7, 11) is 0. The number of hydrogen-bond donors (Lipinski definition) is 2. The molecule has 0 radical (unpaired) electrons. The summed E-state index contributed by atoms with van der Waals surface area (Å²) in [4.78, 5) is 0. The molecule has 3 nitrogen and oxygen atoms in total. The lowest BCUT2D eigenvalue weighted by atomic mass is 10.1. The molecule has 0 saturated carbocycles. The Morgan fingerprint density at radius 3 is 2.05 bits per heavy atom. The Morgan fingerprint density at radius 2 is 1.65 bits per heavy atom. The lowest BCUT2D eigenvalue weighted by Gasteiger charge is -2.25. The molecule has 9 heteroatoms. The highest BCUT2D eigenvalue weighted by Crippen LogP contribution is 2.38. The van der Waals surface area contributed by atoms with Crippen LogP contribution >= 0.6 is 0 Å². The fraction of sp³-hybridized carbons (Fsp3) is 0.364. The van der Waals surface area contributed by atoms with Crippen molar-refractivity contribution in [2.24, 2.45) is 5.73 Å². The molecule has 1 aromatic rings. The first kappa shape index (κ1) is 16.1. The van der Waals surface area contributed by atoms with Crippen molar-refractivity contribution in [1.82, 2.24) is 0 Å². The average Bonchev–Trinajstić information content (AvgIpc) is 2.23. The van der Waals surface area contributed by atoms with E-state index in [1.807, 2.05) is 0 Å². The van der Waals surface area contributed by atoms with E-state index in [0.29, 0.717) is 0 Å². The van der Waals surface area contributed by atoms with Gasteiger partial charge < -0.3 is 10.5 Å². The van der Waals surface area contributed by atoms with Crippen molar-refractivity contribution in [1.29, 1.82) is 5.41 Å². The van der Waals surface area contributed by atoms with Gasteiger partial charge in [-0.2, -0.15) is 26.3 Å². The number of rotatable bonds is 3. The van der Waals surface area contributed by atoms with Crippen molar-refractivity contribution in [3.05, 3.63) is 29.3 Å². The molecule has 0 aliphatic rings. The van der Waals surface area contributed by atoms with Gasteiger partial charge in [0.2, 0.25) is 0 Å². The smallest absolute Gasteiger partial charge is 0.434 e. The number of alkyl halides is 6. The maximum absolute atomic E-state index is 12.4. The third kappa shape index (κ3) is 3.55. The van der Waals surface area contributed by atoms with Crippen LogP contribution in [0.25, 0.3) is 0 Å². The molecule has 20 heavy (non-hydrogen) atoms. The number of nitrogens with one attached hydrogen (secondary N) is 1. The van der Waals surface area contributed by atoms with Crippen molar-refractivity contribution in [3.8, 4) is 5.75 Å². The Balaban J connectivity index is 3.29. The molecule has 0 aliphatic carbocycles. The summed E-state index contributed by atoms with van der Waals surface area (Å²) in [6.45, 7) is 1.26. The van der Waals surface area contributed by atoms with E-state index in [0.717, 1.165) is 6.07 Å². The average molecular weight is 300 g/mol. The van der Waals surface area contributed by atoms with Crippen LogP contribution in [0, 0.1) is 12.3 Å². The van der Waals surface area contributed by atoms with E-state index in [-0.39, 0.29) is 11.1 Å². The van der Waals surface area contributed by atoms with Gasteiger partial charge in [-0.1, -0.05) is 12.1 Å². The number of amidine groups is 1. The van der Waals surface area contributed by atoms with E-state index >= 15 is 0 Å². The lowest BCUT2D eigenvalue weighted by molar-refractivity contribution is -0.300. The maximum atomic E-state index is 12.4. The monoisotopic (exact) mass is 300 g/mol. The molecule has 0 amide bonds. The third-order valence-electron chi connectivity index (χ3n) is 2.33. The van der Waals surface area contributed by atoms with Gasteiger partial charge in [0.05, 0.1) is 5.56 Å². The number of halogens is 6. The van der Waals surface area contributed by atoms with Crippen molar-refractivity contribution < 1.29 is 31.1 Å². The number of nitrogens with two attached hydrogens (primary N) is 1. The fourth-order valence-corrected chi connectivity index (χ4v) is 1.46. The first-order valence-corrected chi connectivity index (χ1v) is 5.18. The highest BCUT2D eigenvalue weighted by molar-refractivity contribution is 5.98. The first-order valence-electron chi connectivity index (χ1n) is 5.18. The summed E-state index contributed by atoms with van der Waals surface area (Å²) in [5, 5.41) is 7.16. The molecule has 0 unspecified atom stereocenters. The third-order valence-corrected chi connectivity index (χ3v) is 2.33. The first-order chi connectivity index (χ1) is 8.94. The zero-order valence-corrected chi connectivity index (χ0v) is 10.1. The van der Waals surface area contributed by atoms with Gasteiger partial charge in [0.25, 0.3) is 6.10 Å². The van der Waals surface area contributed by atoms with E-state index in [2.05, 4.69) is 4.74 Å². The second kappa shape index (κ2) is 5.22. The second-order valence-corrected chi connectivity index (χ2v) is 3.95. The van der Waals surface area contributed by atoms with Crippen molar-refractivity contribution >= 4 is 5.84 Å². The molecule has 0 bridgehead atoms. The molecule has 0 atom stereocenters. The summed E-state index contributed by atoms with van der Waals surface area (Å²) < 4.78 is 78.7. The summed E-state index contributed by atoms with van der Waals surface area (Å²) in [5.41, 5.74) is 4.80. The summed E-state index contributed by atoms with van der Waals surface area (Å²) >= 11 is 0. The van der Waals surface area contributed by atoms with Crippen LogP contribution in [-0.4, -0.2) is 24.3 Å². The summed E-state index contributed by atoms with van der Waals surface area (Å²) in [6, 6.07) is 3.70. The molecule has 0 aliphatic heterocycles. The molecule has 0 saturated heterocycles. The van der Waals surface area contributed by atoms with Crippen LogP contribution in [0.15, 0.2) is 18.2 Å². The molecule has 112 valence electrons. The van der Waals surface area contributed by atoms with E-state index < -0.39 is 30.0 Å². The zero-order chi connectivity index (χ0) is 15.7. The quantitative estimate of drug-likeness (QED) is 0.512. The van der Waals surface area contributed by atoms with Gasteiger partial charge in [0, 0.05) is 0 Å². The number of ether oxygens (including phenoxy) is 1. The van der Waals surface area contributed by atoms with E-state index in [4.69, 9.17) is 11.1 Å². The van der Waals surface area contributed by atoms with E-state index in [1.54, 1.807) is 0 Å². The molecule has 3 N–H and O–H groups in total. The van der Waals surface area contributed by atoms with Crippen LogP contribution in [0.2, 0.25) is 0 Å². The molecular formula is C11H10F6N2O.